The van der Waals surface area contributed by atoms with Gasteiger partial charge in [-0.3, -0.25) is 4.72 Å². The molecule has 0 bridgehead atoms. The molecule has 1 atom stereocenters. The Kier molecular flexibility index (Phi) is 16.6. The molecule has 0 amide bonds. The van der Waals surface area contributed by atoms with Crippen LogP contribution in [0.15, 0.2) is 48.5 Å². The molecule has 0 fully saturated rings. The van der Waals surface area contributed by atoms with Crippen LogP contribution in [0.25, 0.3) is 0 Å². The molecule has 0 heterocycles. The number of phenols is 2. The van der Waals surface area contributed by atoms with E-state index in [-0.39, 0.29) is 16.5 Å². The average Bonchev–Trinajstić information content (AvgIpc) is 2.94. The summed E-state index contributed by atoms with van der Waals surface area (Å²) in [7, 11) is 0. The Bertz CT molecular complexity index is 1210. The zero-order chi connectivity index (χ0) is 30.9. The van der Waals surface area contributed by atoms with Crippen molar-refractivity contribution in [2.24, 2.45) is 0 Å². The van der Waals surface area contributed by atoms with E-state index in [9.17, 15) is 14.4 Å². The zero-order valence-corrected chi connectivity index (χ0v) is 27.5. The highest BCUT2D eigenvalue weighted by molar-refractivity contribution is 7.81. The fraction of sp³-hybridized carbons (Fsp3) is 0.455. The normalized spacial score (nSPS) is 11.4. The molecule has 3 rings (SSSR count). The molecule has 0 aliphatic rings. The lowest BCUT2D eigenvalue weighted by atomic mass is 10.1. The summed E-state index contributed by atoms with van der Waals surface area (Å²) in [6, 6.07) is 13.8. The molecule has 0 aliphatic carbocycles. The van der Waals surface area contributed by atoms with E-state index in [1.165, 1.54) is 63.9 Å². The maximum atomic E-state index is 12.2. The van der Waals surface area contributed by atoms with Gasteiger partial charge in [0.25, 0.3) is 0 Å². The summed E-state index contributed by atoms with van der Waals surface area (Å²) in [6.45, 7) is 8.44. The van der Waals surface area contributed by atoms with Crippen LogP contribution < -0.4 is 13.6 Å². The topological polar surface area (TPSA) is 88.0 Å². The molecule has 9 heteroatoms. The van der Waals surface area contributed by atoms with Gasteiger partial charge < -0.3 is 19.1 Å². The summed E-state index contributed by atoms with van der Waals surface area (Å²) in [5.41, 5.74) is 2.98. The van der Waals surface area contributed by atoms with Crippen molar-refractivity contribution in [3.8, 4) is 23.0 Å². The van der Waals surface area contributed by atoms with Gasteiger partial charge >= 0.3 is 11.3 Å². The predicted molar refractivity (Wildman–Crippen MR) is 177 cm³/mol. The molecular weight excluding hydrogens is 593 g/mol. The number of aromatic hydroxyl groups is 2. The minimum absolute atomic E-state index is 0.0114. The van der Waals surface area contributed by atoms with Crippen LogP contribution in [-0.4, -0.2) is 21.0 Å². The molecule has 0 aromatic heterocycles. The van der Waals surface area contributed by atoms with E-state index in [1.807, 2.05) is 32.0 Å². The second-order valence-electron chi connectivity index (χ2n) is 10.5. The van der Waals surface area contributed by atoms with Crippen LogP contribution in [0, 0.1) is 20.8 Å². The predicted octanol–water partition coefficient (Wildman–Crippen LogP) is 10.4. The van der Waals surface area contributed by atoms with Gasteiger partial charge in [-0.2, -0.15) is 4.21 Å². The number of halogens is 2. The molecule has 0 saturated carbocycles. The first-order valence-electron chi connectivity index (χ1n) is 14.6. The largest absolute Gasteiger partial charge is 0.506 e. The number of aryl methyl sites for hydroxylation is 3. The maximum Gasteiger partial charge on any atom is 0.316 e. The van der Waals surface area contributed by atoms with E-state index in [4.69, 9.17) is 32.1 Å². The Balaban J connectivity index is 0.000000518. The standard InChI is InChI=1S/C25H36ClNO4S.C8H9ClO/c1-3-4-5-6-7-8-9-10-11-12-17-30-22-13-15-23(16-14-22)31-32(29)27-21-18-20(2)25(28)24(26)19-21;1-5-3-6(2)8(10)7(9)4-5/h13-16,18-19,27-28H,3-12,17H2,1-2H3;3-4,10H,1-2H3. The Morgan fingerprint density at radius 3 is 1.76 bits per heavy atom. The van der Waals surface area contributed by atoms with Crippen LogP contribution in [-0.2, 0) is 11.3 Å². The third-order valence-electron chi connectivity index (χ3n) is 6.62. The van der Waals surface area contributed by atoms with Gasteiger partial charge in [0.15, 0.2) is 0 Å². The maximum absolute atomic E-state index is 12.2. The van der Waals surface area contributed by atoms with Crippen molar-refractivity contribution in [3.05, 3.63) is 75.3 Å². The highest BCUT2D eigenvalue weighted by atomic mass is 35.5. The molecule has 3 N–H and O–H groups in total. The van der Waals surface area contributed by atoms with Crippen molar-refractivity contribution in [1.29, 1.82) is 0 Å². The molecular formula is C33H45Cl2NO5S. The van der Waals surface area contributed by atoms with Gasteiger partial charge in [-0.05, 0) is 86.3 Å². The fourth-order valence-electron chi connectivity index (χ4n) is 4.28. The number of hydrogen-bond donors (Lipinski definition) is 3. The van der Waals surface area contributed by atoms with Crippen molar-refractivity contribution in [1.82, 2.24) is 0 Å². The van der Waals surface area contributed by atoms with Gasteiger partial charge in [-0.1, -0.05) is 94.0 Å². The minimum Gasteiger partial charge on any atom is -0.506 e. The fourth-order valence-corrected chi connectivity index (χ4v) is 5.50. The van der Waals surface area contributed by atoms with Crippen molar-refractivity contribution in [2.45, 2.75) is 91.9 Å². The van der Waals surface area contributed by atoms with E-state index in [0.717, 1.165) is 23.3 Å². The number of rotatable bonds is 16. The highest BCUT2D eigenvalue weighted by Gasteiger charge is 2.09. The Morgan fingerprint density at radius 2 is 1.21 bits per heavy atom. The van der Waals surface area contributed by atoms with Crippen LogP contribution in [0.1, 0.15) is 87.8 Å². The summed E-state index contributed by atoms with van der Waals surface area (Å²) in [6.07, 6.45) is 13.0. The van der Waals surface area contributed by atoms with Crippen molar-refractivity contribution < 1.29 is 23.3 Å². The van der Waals surface area contributed by atoms with Crippen LogP contribution in [0.3, 0.4) is 0 Å². The lowest BCUT2D eigenvalue weighted by Gasteiger charge is -2.10. The number of anilines is 1. The van der Waals surface area contributed by atoms with Crippen LogP contribution in [0.4, 0.5) is 5.69 Å². The van der Waals surface area contributed by atoms with E-state index in [2.05, 4.69) is 11.6 Å². The molecule has 0 spiro atoms. The quantitative estimate of drug-likeness (QED) is 0.107. The van der Waals surface area contributed by atoms with Crippen molar-refractivity contribution in [3.63, 3.8) is 0 Å². The smallest absolute Gasteiger partial charge is 0.316 e. The van der Waals surface area contributed by atoms with E-state index in [0.29, 0.717) is 28.6 Å². The molecule has 3 aromatic rings. The Hall–Kier alpha value is -2.61. The SMILES string of the molecule is CCCCCCCCCCCCOc1ccc(OS(=O)Nc2cc(C)c(O)c(Cl)c2)cc1.Cc1cc(C)c(O)c(Cl)c1. The van der Waals surface area contributed by atoms with Gasteiger partial charge in [-0.25, -0.2) is 0 Å². The molecule has 0 saturated heterocycles. The Morgan fingerprint density at radius 1 is 0.714 bits per heavy atom. The van der Waals surface area contributed by atoms with Gasteiger partial charge in [0, 0.05) is 0 Å². The molecule has 1 unspecified atom stereocenters. The highest BCUT2D eigenvalue weighted by Crippen LogP contribution is 2.31. The first kappa shape index (κ1) is 35.6. The van der Waals surface area contributed by atoms with Gasteiger partial charge in [0.05, 0.1) is 22.3 Å². The van der Waals surface area contributed by atoms with Crippen LogP contribution in [0.5, 0.6) is 23.0 Å². The molecule has 0 aliphatic heterocycles. The summed E-state index contributed by atoms with van der Waals surface area (Å²) >= 11 is 9.81. The third kappa shape index (κ3) is 13.6. The number of phenolic OH excluding ortho intramolecular Hbond substituents is 2. The number of ether oxygens (including phenoxy) is 1. The zero-order valence-electron chi connectivity index (χ0n) is 25.2. The number of hydrogen-bond acceptors (Lipinski definition) is 5. The first-order valence-corrected chi connectivity index (χ1v) is 16.5. The molecule has 0 radical (unpaired) electrons. The van der Waals surface area contributed by atoms with E-state index in [1.54, 1.807) is 31.2 Å². The molecule has 3 aromatic carbocycles. The lowest BCUT2D eigenvalue weighted by Crippen LogP contribution is -2.11. The van der Waals surface area contributed by atoms with E-state index >= 15 is 0 Å². The summed E-state index contributed by atoms with van der Waals surface area (Å²) in [5.74, 6) is 1.43. The second kappa shape index (κ2) is 19.6. The summed E-state index contributed by atoms with van der Waals surface area (Å²) in [5, 5.41) is 19.5. The molecule has 6 nitrogen and oxygen atoms in total. The van der Waals surface area contributed by atoms with Crippen LogP contribution in [0.2, 0.25) is 10.0 Å². The average molecular weight is 639 g/mol. The van der Waals surface area contributed by atoms with Crippen molar-refractivity contribution in [2.75, 3.05) is 11.3 Å². The molecule has 42 heavy (non-hydrogen) atoms. The van der Waals surface area contributed by atoms with Crippen molar-refractivity contribution >= 4 is 40.2 Å². The van der Waals surface area contributed by atoms with Gasteiger partial charge in [-0.15, -0.1) is 0 Å². The molecule has 232 valence electrons. The number of unbranched alkanes of at least 4 members (excludes halogenated alkanes) is 9. The lowest BCUT2D eigenvalue weighted by molar-refractivity contribution is 0.304. The number of benzene rings is 3. The third-order valence-corrected chi connectivity index (χ3v) is 7.94. The minimum atomic E-state index is -1.80. The summed E-state index contributed by atoms with van der Waals surface area (Å²) < 4.78 is 26.1. The summed E-state index contributed by atoms with van der Waals surface area (Å²) in [4.78, 5) is 0. The Labute approximate surface area is 264 Å². The van der Waals surface area contributed by atoms with E-state index < -0.39 is 11.3 Å². The van der Waals surface area contributed by atoms with Gasteiger partial charge in [0.1, 0.15) is 23.0 Å². The van der Waals surface area contributed by atoms with Crippen LogP contribution >= 0.6 is 23.2 Å². The monoisotopic (exact) mass is 637 g/mol. The number of nitrogens with one attached hydrogen (secondary N) is 1. The second-order valence-corrected chi connectivity index (χ2v) is 12.1. The first-order chi connectivity index (χ1) is 20.1. The van der Waals surface area contributed by atoms with Gasteiger partial charge in [0.2, 0.25) is 0 Å².